The maximum atomic E-state index is 12.1. The van der Waals surface area contributed by atoms with Crippen molar-refractivity contribution < 1.29 is 19.0 Å². The van der Waals surface area contributed by atoms with Crippen molar-refractivity contribution in [1.29, 1.82) is 0 Å². The minimum absolute atomic E-state index is 0.112. The second-order valence-electron chi connectivity index (χ2n) is 5.69. The quantitative estimate of drug-likeness (QED) is 0.801. The van der Waals surface area contributed by atoms with E-state index >= 15 is 0 Å². The minimum atomic E-state index is -0.262. The summed E-state index contributed by atoms with van der Waals surface area (Å²) < 4.78 is 16.4. The van der Waals surface area contributed by atoms with E-state index in [1.54, 1.807) is 25.3 Å². The zero-order chi connectivity index (χ0) is 17.4. The molecule has 5 heteroatoms. The molecule has 0 fully saturated rings. The van der Waals surface area contributed by atoms with Crippen LogP contribution in [-0.4, -0.2) is 26.2 Å². The number of carbonyl (C=O) groups is 1. The Kier molecular flexibility index (Phi) is 6.49. The molecule has 2 rings (SSSR count). The summed E-state index contributed by atoms with van der Waals surface area (Å²) >= 11 is 0. The molecule has 2 aromatic carbocycles. The molecule has 0 atom stereocenters. The van der Waals surface area contributed by atoms with Gasteiger partial charge in [0.15, 0.2) is 18.1 Å². The van der Waals surface area contributed by atoms with Gasteiger partial charge in [-0.25, -0.2) is 0 Å². The fraction of sp³-hybridized carbons (Fsp3) is 0.316. The van der Waals surface area contributed by atoms with Crippen LogP contribution in [0.5, 0.6) is 17.2 Å². The minimum Gasteiger partial charge on any atom is -0.493 e. The smallest absolute Gasteiger partial charge is 0.262 e. The molecular weight excluding hydrogens is 306 g/mol. The molecule has 128 valence electrons. The number of methoxy groups -OCH3 is 1. The van der Waals surface area contributed by atoms with E-state index in [1.807, 2.05) is 30.3 Å². The van der Waals surface area contributed by atoms with Crippen molar-refractivity contribution in [2.75, 3.05) is 25.6 Å². The third kappa shape index (κ3) is 5.19. The predicted molar refractivity (Wildman–Crippen MR) is 93.9 cm³/mol. The Labute approximate surface area is 142 Å². The molecule has 5 nitrogen and oxygen atoms in total. The van der Waals surface area contributed by atoms with Crippen LogP contribution in [0.15, 0.2) is 48.5 Å². The molecule has 1 amide bonds. The van der Waals surface area contributed by atoms with Gasteiger partial charge in [0.1, 0.15) is 5.75 Å². The highest BCUT2D eigenvalue weighted by Crippen LogP contribution is 2.26. The van der Waals surface area contributed by atoms with E-state index in [9.17, 15) is 4.79 Å². The van der Waals surface area contributed by atoms with Gasteiger partial charge in [-0.3, -0.25) is 4.79 Å². The van der Waals surface area contributed by atoms with Crippen LogP contribution in [0.2, 0.25) is 0 Å². The molecule has 0 bridgehead atoms. The Balaban J connectivity index is 1.95. The lowest BCUT2D eigenvalue weighted by Gasteiger charge is -2.14. The zero-order valence-corrected chi connectivity index (χ0v) is 14.2. The maximum Gasteiger partial charge on any atom is 0.262 e. The zero-order valence-electron chi connectivity index (χ0n) is 14.2. The first kappa shape index (κ1) is 17.7. The molecule has 1 N–H and O–H groups in total. The average Bonchev–Trinajstić information content (AvgIpc) is 2.59. The number of anilines is 1. The van der Waals surface area contributed by atoms with Crippen molar-refractivity contribution in [3.63, 3.8) is 0 Å². The molecule has 0 aliphatic carbocycles. The standard InChI is InChI=1S/C19H23NO4/c1-14(2)12-23-16-9-5-4-8-15(16)20-19(21)13-24-18-11-7-6-10-17(18)22-3/h4-11,14H,12-13H2,1-3H3,(H,20,21). The first-order valence-corrected chi connectivity index (χ1v) is 7.87. The molecule has 2 aromatic rings. The van der Waals surface area contributed by atoms with Crippen LogP contribution in [0.25, 0.3) is 0 Å². The second-order valence-corrected chi connectivity index (χ2v) is 5.69. The molecule has 0 saturated heterocycles. The predicted octanol–water partition coefficient (Wildman–Crippen LogP) is 3.75. The Bertz CT molecular complexity index is 670. The molecule has 0 aliphatic heterocycles. The SMILES string of the molecule is COc1ccccc1OCC(=O)Nc1ccccc1OCC(C)C. The third-order valence-electron chi connectivity index (χ3n) is 3.16. The molecular formula is C19H23NO4. The van der Waals surface area contributed by atoms with Crippen molar-refractivity contribution in [3.8, 4) is 17.2 Å². The second kappa shape index (κ2) is 8.82. The molecule has 0 spiro atoms. The fourth-order valence-electron chi connectivity index (χ4n) is 2.02. The Hall–Kier alpha value is -2.69. The van der Waals surface area contributed by atoms with Crippen molar-refractivity contribution >= 4 is 11.6 Å². The number of benzene rings is 2. The van der Waals surface area contributed by atoms with Gasteiger partial charge >= 0.3 is 0 Å². The van der Waals surface area contributed by atoms with Gasteiger partial charge in [-0.2, -0.15) is 0 Å². The van der Waals surface area contributed by atoms with Crippen molar-refractivity contribution in [3.05, 3.63) is 48.5 Å². The molecule has 0 unspecified atom stereocenters. The van der Waals surface area contributed by atoms with Crippen LogP contribution < -0.4 is 19.5 Å². The molecule has 0 saturated carbocycles. The van der Waals surface area contributed by atoms with Crippen LogP contribution in [0.3, 0.4) is 0 Å². The summed E-state index contributed by atoms with van der Waals surface area (Å²) in [5, 5.41) is 2.81. The third-order valence-corrected chi connectivity index (χ3v) is 3.16. The summed E-state index contributed by atoms with van der Waals surface area (Å²) in [5.41, 5.74) is 0.631. The Morgan fingerprint density at radius 2 is 1.58 bits per heavy atom. The van der Waals surface area contributed by atoms with Crippen LogP contribution >= 0.6 is 0 Å². The maximum absolute atomic E-state index is 12.1. The van der Waals surface area contributed by atoms with Gasteiger partial charge in [-0.1, -0.05) is 38.1 Å². The van der Waals surface area contributed by atoms with Crippen molar-refractivity contribution in [1.82, 2.24) is 0 Å². The highest BCUT2D eigenvalue weighted by molar-refractivity contribution is 5.93. The number of rotatable bonds is 8. The summed E-state index contributed by atoms with van der Waals surface area (Å²) in [5.74, 6) is 1.91. The molecule has 0 heterocycles. The Morgan fingerprint density at radius 3 is 2.25 bits per heavy atom. The normalized spacial score (nSPS) is 10.3. The van der Waals surface area contributed by atoms with Crippen LogP contribution in [-0.2, 0) is 4.79 Å². The summed E-state index contributed by atoms with van der Waals surface area (Å²) in [4.78, 5) is 12.1. The monoisotopic (exact) mass is 329 g/mol. The van der Waals surface area contributed by atoms with Gasteiger partial charge in [-0.15, -0.1) is 0 Å². The molecule has 0 aromatic heterocycles. The molecule has 0 aliphatic rings. The first-order valence-electron chi connectivity index (χ1n) is 7.87. The van der Waals surface area contributed by atoms with E-state index in [0.717, 1.165) is 0 Å². The number of ether oxygens (including phenoxy) is 3. The largest absolute Gasteiger partial charge is 0.493 e. The number of para-hydroxylation sites is 4. The van der Waals surface area contributed by atoms with Crippen LogP contribution in [0.1, 0.15) is 13.8 Å². The van der Waals surface area contributed by atoms with E-state index in [-0.39, 0.29) is 12.5 Å². The lowest BCUT2D eigenvalue weighted by Crippen LogP contribution is -2.21. The lowest BCUT2D eigenvalue weighted by atomic mass is 10.2. The highest BCUT2D eigenvalue weighted by Gasteiger charge is 2.10. The number of hydrogen-bond donors (Lipinski definition) is 1. The number of amides is 1. The van der Waals surface area contributed by atoms with Crippen LogP contribution in [0.4, 0.5) is 5.69 Å². The van der Waals surface area contributed by atoms with Crippen molar-refractivity contribution in [2.45, 2.75) is 13.8 Å². The van der Waals surface area contributed by atoms with Crippen LogP contribution in [0, 0.1) is 5.92 Å². The van der Waals surface area contributed by atoms with E-state index in [4.69, 9.17) is 14.2 Å². The van der Waals surface area contributed by atoms with Gasteiger partial charge < -0.3 is 19.5 Å². The summed E-state index contributed by atoms with van der Waals surface area (Å²) in [6.45, 7) is 4.62. The van der Waals surface area contributed by atoms with Gasteiger partial charge in [0.05, 0.1) is 19.4 Å². The van der Waals surface area contributed by atoms with Gasteiger partial charge in [0, 0.05) is 0 Å². The highest BCUT2D eigenvalue weighted by atomic mass is 16.5. The Morgan fingerprint density at radius 1 is 0.958 bits per heavy atom. The van der Waals surface area contributed by atoms with Gasteiger partial charge in [-0.05, 0) is 30.2 Å². The fourth-order valence-corrected chi connectivity index (χ4v) is 2.02. The number of carbonyl (C=O) groups excluding carboxylic acids is 1. The van der Waals surface area contributed by atoms with Crippen molar-refractivity contribution in [2.24, 2.45) is 5.92 Å². The number of hydrogen-bond acceptors (Lipinski definition) is 4. The summed E-state index contributed by atoms with van der Waals surface area (Å²) in [6, 6.07) is 14.6. The number of nitrogens with one attached hydrogen (secondary N) is 1. The lowest BCUT2D eigenvalue weighted by molar-refractivity contribution is -0.118. The topological polar surface area (TPSA) is 56.8 Å². The molecule has 24 heavy (non-hydrogen) atoms. The summed E-state index contributed by atoms with van der Waals surface area (Å²) in [6.07, 6.45) is 0. The first-order chi connectivity index (χ1) is 11.6. The van der Waals surface area contributed by atoms with E-state index in [1.165, 1.54) is 0 Å². The summed E-state index contributed by atoms with van der Waals surface area (Å²) in [7, 11) is 1.56. The van der Waals surface area contributed by atoms with Gasteiger partial charge in [0.25, 0.3) is 5.91 Å². The van der Waals surface area contributed by atoms with Gasteiger partial charge in [0.2, 0.25) is 0 Å². The van der Waals surface area contributed by atoms with E-state index in [2.05, 4.69) is 19.2 Å². The average molecular weight is 329 g/mol. The molecule has 0 radical (unpaired) electrons. The van der Waals surface area contributed by atoms with E-state index in [0.29, 0.717) is 35.5 Å². The van der Waals surface area contributed by atoms with E-state index < -0.39 is 0 Å².